The number of benzene rings is 1. The maximum atomic E-state index is 11.4. The van der Waals surface area contributed by atoms with E-state index in [0.29, 0.717) is 16.2 Å². The van der Waals surface area contributed by atoms with E-state index < -0.39 is 5.91 Å². The first-order chi connectivity index (χ1) is 8.68. The van der Waals surface area contributed by atoms with Crippen molar-refractivity contribution in [3.05, 3.63) is 28.9 Å². The van der Waals surface area contributed by atoms with Gasteiger partial charge in [-0.3, -0.25) is 4.79 Å². The summed E-state index contributed by atoms with van der Waals surface area (Å²) < 4.78 is 1.79. The molecular weight excluding hydrogens is 252 g/mol. The van der Waals surface area contributed by atoms with Crippen molar-refractivity contribution in [2.75, 3.05) is 13.1 Å². The highest BCUT2D eigenvalue weighted by atomic mass is 35.5. The molecule has 18 heavy (non-hydrogen) atoms. The van der Waals surface area contributed by atoms with E-state index >= 15 is 0 Å². The molecule has 0 bridgehead atoms. The van der Waals surface area contributed by atoms with E-state index in [1.807, 2.05) is 6.07 Å². The summed E-state index contributed by atoms with van der Waals surface area (Å²) in [4.78, 5) is 11.4. The summed E-state index contributed by atoms with van der Waals surface area (Å²) in [6, 6.07) is 5.54. The van der Waals surface area contributed by atoms with Crippen LogP contribution in [-0.2, 0) is 0 Å². The van der Waals surface area contributed by atoms with Crippen molar-refractivity contribution in [2.45, 2.75) is 12.5 Å². The van der Waals surface area contributed by atoms with E-state index in [9.17, 15) is 4.79 Å². The Morgan fingerprint density at radius 1 is 1.56 bits per heavy atom. The van der Waals surface area contributed by atoms with Gasteiger partial charge in [-0.15, -0.1) is 0 Å². The van der Waals surface area contributed by atoms with E-state index in [4.69, 9.17) is 17.3 Å². The van der Waals surface area contributed by atoms with Gasteiger partial charge in [0.15, 0.2) is 0 Å². The standard InChI is InChI=1S/C12H13ClN4O/c13-11-8-2-1-3-9(12(14)18)10(8)16-17(11)7-4-5-15-6-7/h1-3,7,15H,4-6H2,(H2,14,18). The summed E-state index contributed by atoms with van der Waals surface area (Å²) in [5, 5.41) is 9.08. The first-order valence-corrected chi connectivity index (χ1v) is 6.23. The van der Waals surface area contributed by atoms with Gasteiger partial charge < -0.3 is 11.1 Å². The van der Waals surface area contributed by atoms with Gasteiger partial charge in [-0.05, 0) is 25.1 Å². The fourth-order valence-corrected chi connectivity index (χ4v) is 2.71. The van der Waals surface area contributed by atoms with Gasteiger partial charge in [0.1, 0.15) is 10.7 Å². The Balaban J connectivity index is 2.20. The van der Waals surface area contributed by atoms with Crippen molar-refractivity contribution < 1.29 is 4.79 Å². The van der Waals surface area contributed by atoms with Crippen LogP contribution in [0.25, 0.3) is 10.9 Å². The molecular formula is C12H13ClN4O. The predicted octanol–water partition coefficient (Wildman–Crippen LogP) is 1.32. The fraction of sp³-hybridized carbons (Fsp3) is 0.333. The topological polar surface area (TPSA) is 72.9 Å². The number of nitrogens with two attached hydrogens (primary N) is 1. The summed E-state index contributed by atoms with van der Waals surface area (Å²) in [6.07, 6.45) is 0.986. The highest BCUT2D eigenvalue weighted by Gasteiger charge is 2.22. The summed E-state index contributed by atoms with van der Waals surface area (Å²) in [6.45, 7) is 1.81. The molecule has 3 rings (SSSR count). The normalized spacial score (nSPS) is 19.5. The quantitative estimate of drug-likeness (QED) is 0.859. The average Bonchev–Trinajstić information content (AvgIpc) is 2.97. The molecule has 1 fully saturated rings. The number of aromatic nitrogens is 2. The molecule has 1 aliphatic rings. The number of nitrogens with zero attached hydrogens (tertiary/aromatic N) is 2. The Labute approximate surface area is 109 Å². The van der Waals surface area contributed by atoms with Gasteiger partial charge in [-0.2, -0.15) is 5.10 Å². The number of primary amides is 1. The monoisotopic (exact) mass is 264 g/mol. The van der Waals surface area contributed by atoms with Crippen LogP contribution in [0.15, 0.2) is 18.2 Å². The second kappa shape index (κ2) is 4.26. The van der Waals surface area contributed by atoms with Crippen LogP contribution in [0.4, 0.5) is 0 Å². The van der Waals surface area contributed by atoms with Crippen LogP contribution in [0.5, 0.6) is 0 Å². The van der Waals surface area contributed by atoms with Crippen LogP contribution in [0.1, 0.15) is 22.8 Å². The van der Waals surface area contributed by atoms with E-state index in [0.717, 1.165) is 24.9 Å². The van der Waals surface area contributed by atoms with Gasteiger partial charge >= 0.3 is 0 Å². The lowest BCUT2D eigenvalue weighted by Crippen LogP contribution is -2.15. The Morgan fingerprint density at radius 3 is 3.06 bits per heavy atom. The molecule has 0 radical (unpaired) electrons. The van der Waals surface area contributed by atoms with Crippen molar-refractivity contribution in [1.82, 2.24) is 15.1 Å². The number of rotatable bonds is 2. The zero-order valence-electron chi connectivity index (χ0n) is 9.69. The van der Waals surface area contributed by atoms with Crippen molar-refractivity contribution >= 4 is 28.4 Å². The Morgan fingerprint density at radius 2 is 2.39 bits per heavy atom. The van der Waals surface area contributed by atoms with Crippen LogP contribution in [0.3, 0.4) is 0 Å². The molecule has 2 heterocycles. The molecule has 6 heteroatoms. The third-order valence-electron chi connectivity index (χ3n) is 3.31. The minimum Gasteiger partial charge on any atom is -0.366 e. The van der Waals surface area contributed by atoms with E-state index in [1.165, 1.54) is 0 Å². The van der Waals surface area contributed by atoms with Crippen LogP contribution >= 0.6 is 11.6 Å². The van der Waals surface area contributed by atoms with E-state index in [1.54, 1.807) is 16.8 Å². The van der Waals surface area contributed by atoms with Gasteiger partial charge in [0.05, 0.1) is 11.6 Å². The van der Waals surface area contributed by atoms with Crippen LogP contribution in [0.2, 0.25) is 5.15 Å². The summed E-state index contributed by atoms with van der Waals surface area (Å²) >= 11 is 6.33. The third kappa shape index (κ3) is 1.67. The summed E-state index contributed by atoms with van der Waals surface area (Å²) in [5.74, 6) is -0.480. The zero-order chi connectivity index (χ0) is 12.7. The SMILES string of the molecule is NC(=O)c1cccc2c(Cl)n(C3CCNC3)nc12. The number of carbonyl (C=O) groups is 1. The number of hydrogen-bond donors (Lipinski definition) is 2. The highest BCUT2D eigenvalue weighted by molar-refractivity contribution is 6.35. The summed E-state index contributed by atoms with van der Waals surface area (Å²) in [7, 11) is 0. The van der Waals surface area contributed by atoms with E-state index in [-0.39, 0.29) is 6.04 Å². The number of fused-ring (bicyclic) bond motifs is 1. The number of halogens is 1. The van der Waals surface area contributed by atoms with Crippen molar-refractivity contribution in [3.63, 3.8) is 0 Å². The van der Waals surface area contributed by atoms with Crippen molar-refractivity contribution in [3.8, 4) is 0 Å². The molecule has 1 amide bonds. The van der Waals surface area contributed by atoms with Gasteiger partial charge in [-0.1, -0.05) is 17.7 Å². The van der Waals surface area contributed by atoms with Gasteiger partial charge in [0, 0.05) is 11.9 Å². The number of hydrogen-bond acceptors (Lipinski definition) is 3. The molecule has 0 saturated carbocycles. The number of carbonyl (C=O) groups excluding carboxylic acids is 1. The second-order valence-corrected chi connectivity index (χ2v) is 4.81. The molecule has 5 nitrogen and oxygen atoms in total. The lowest BCUT2D eigenvalue weighted by molar-refractivity contribution is 0.100. The van der Waals surface area contributed by atoms with Crippen molar-refractivity contribution in [2.24, 2.45) is 5.73 Å². The summed E-state index contributed by atoms with van der Waals surface area (Å²) in [5.41, 5.74) is 6.35. The first kappa shape index (κ1) is 11.5. The first-order valence-electron chi connectivity index (χ1n) is 5.85. The lowest BCUT2D eigenvalue weighted by Gasteiger charge is -2.09. The molecule has 1 atom stereocenters. The minimum atomic E-state index is -0.480. The fourth-order valence-electron chi connectivity index (χ4n) is 2.38. The molecule has 1 aromatic heterocycles. The molecule has 1 saturated heterocycles. The lowest BCUT2D eigenvalue weighted by atomic mass is 10.1. The molecule has 1 aromatic carbocycles. The second-order valence-electron chi connectivity index (χ2n) is 4.45. The maximum Gasteiger partial charge on any atom is 0.250 e. The van der Waals surface area contributed by atoms with Crippen LogP contribution in [0, 0.1) is 0 Å². The Hall–Kier alpha value is -1.59. The van der Waals surface area contributed by atoms with Gasteiger partial charge in [0.25, 0.3) is 5.91 Å². The van der Waals surface area contributed by atoms with Gasteiger partial charge in [0.2, 0.25) is 0 Å². The smallest absolute Gasteiger partial charge is 0.250 e. The molecule has 3 N–H and O–H groups in total. The zero-order valence-corrected chi connectivity index (χ0v) is 10.4. The molecule has 1 aliphatic heterocycles. The maximum absolute atomic E-state index is 11.4. The van der Waals surface area contributed by atoms with Crippen LogP contribution < -0.4 is 11.1 Å². The predicted molar refractivity (Wildman–Crippen MR) is 69.8 cm³/mol. The molecule has 0 spiro atoms. The number of nitrogens with one attached hydrogen (secondary N) is 1. The largest absolute Gasteiger partial charge is 0.366 e. The van der Waals surface area contributed by atoms with Crippen LogP contribution in [-0.4, -0.2) is 28.8 Å². The molecule has 2 aromatic rings. The van der Waals surface area contributed by atoms with Crippen molar-refractivity contribution in [1.29, 1.82) is 0 Å². The highest BCUT2D eigenvalue weighted by Crippen LogP contribution is 2.29. The van der Waals surface area contributed by atoms with Gasteiger partial charge in [-0.25, -0.2) is 4.68 Å². The molecule has 94 valence electrons. The number of amides is 1. The Bertz CT molecular complexity index is 616. The average molecular weight is 265 g/mol. The molecule has 1 unspecified atom stereocenters. The van der Waals surface area contributed by atoms with E-state index in [2.05, 4.69) is 10.4 Å². The minimum absolute atomic E-state index is 0.241. The Kier molecular flexibility index (Phi) is 2.72. The molecule has 0 aliphatic carbocycles. The third-order valence-corrected chi connectivity index (χ3v) is 3.69.